The maximum atomic E-state index is 11.3. The molecule has 0 bridgehead atoms. The second kappa shape index (κ2) is 21.8. The first-order valence-electron chi connectivity index (χ1n) is 12.1. The molecule has 1 amide bonds. The molecule has 3 rings (SSSR count). The standard InChI is InChI=1S/C10H20N2O7.C10H8O.C5H6S.C2H6/c1-4-12(3)10(14)19-8(2)18-9(13)7-16-5-6-17-11-15;11-10-7-3-5-8-4-1-2-6-9(8)10;1-5-3-2-4-6-5;1-2/h8,11,15H,4-7H2,1-3H3;1-7,11H;2-4H,1H3;1-2H3. The predicted molar refractivity (Wildman–Crippen MR) is 148 cm³/mol. The topological polar surface area (TPSA) is 127 Å². The summed E-state index contributed by atoms with van der Waals surface area (Å²) in [7, 11) is 1.56. The van der Waals surface area contributed by atoms with Gasteiger partial charge in [0.1, 0.15) is 12.4 Å². The average molecular weight is 553 g/mol. The molecular weight excluding hydrogens is 512 g/mol. The molecule has 10 nitrogen and oxygen atoms in total. The Labute approximate surface area is 228 Å². The number of nitrogens with zero attached hydrogens (tertiary/aromatic N) is 1. The number of aromatic hydroxyl groups is 1. The van der Waals surface area contributed by atoms with E-state index in [1.807, 2.05) is 50.2 Å². The van der Waals surface area contributed by atoms with E-state index in [1.165, 1.54) is 22.3 Å². The largest absolute Gasteiger partial charge is 0.507 e. The number of benzene rings is 2. The number of aryl methyl sites for hydroxylation is 1. The van der Waals surface area contributed by atoms with Crippen LogP contribution >= 0.6 is 11.3 Å². The molecule has 1 atom stereocenters. The fourth-order valence-electron chi connectivity index (χ4n) is 2.47. The number of ether oxygens (including phenoxy) is 3. The molecule has 0 saturated carbocycles. The van der Waals surface area contributed by atoms with E-state index in [0.717, 1.165) is 10.8 Å². The SMILES string of the molecule is CC.CCN(C)C(=O)OC(C)OC(=O)COCCONO.Cc1cccs1.Oc1cccc2ccccc12. The third-order valence-corrected chi connectivity index (χ3v) is 5.20. The van der Waals surface area contributed by atoms with Crippen molar-refractivity contribution in [3.05, 3.63) is 64.9 Å². The first kappa shape index (κ1) is 34.8. The van der Waals surface area contributed by atoms with Gasteiger partial charge in [-0.3, -0.25) is 10.0 Å². The van der Waals surface area contributed by atoms with Gasteiger partial charge in [0.2, 0.25) is 6.29 Å². The van der Waals surface area contributed by atoms with Crippen LogP contribution in [0, 0.1) is 6.92 Å². The third-order valence-electron chi connectivity index (χ3n) is 4.39. The normalized spacial score (nSPS) is 10.4. The summed E-state index contributed by atoms with van der Waals surface area (Å²) in [5.74, 6) is -0.320. The fourth-order valence-corrected chi connectivity index (χ4v) is 3.00. The van der Waals surface area contributed by atoms with Crippen LogP contribution in [0.4, 0.5) is 4.79 Å². The summed E-state index contributed by atoms with van der Waals surface area (Å²) >= 11 is 1.78. The highest BCUT2D eigenvalue weighted by molar-refractivity contribution is 7.09. The number of esters is 1. The van der Waals surface area contributed by atoms with Crippen LogP contribution in [0.25, 0.3) is 10.8 Å². The van der Waals surface area contributed by atoms with Gasteiger partial charge in [-0.2, -0.15) is 0 Å². The Morgan fingerprint density at radius 3 is 2.26 bits per heavy atom. The number of thiophene rings is 1. The second-order valence-corrected chi connectivity index (χ2v) is 8.32. The van der Waals surface area contributed by atoms with Crippen molar-refractivity contribution in [3.8, 4) is 5.75 Å². The number of nitrogens with one attached hydrogen (secondary N) is 1. The van der Waals surface area contributed by atoms with Gasteiger partial charge >= 0.3 is 12.1 Å². The maximum Gasteiger partial charge on any atom is 0.412 e. The van der Waals surface area contributed by atoms with Crippen molar-refractivity contribution in [2.24, 2.45) is 0 Å². The molecule has 0 radical (unpaired) electrons. The molecule has 1 unspecified atom stereocenters. The molecule has 0 spiro atoms. The van der Waals surface area contributed by atoms with Crippen molar-refractivity contribution in [1.29, 1.82) is 0 Å². The molecule has 1 heterocycles. The Balaban J connectivity index is 0.000000595. The van der Waals surface area contributed by atoms with E-state index >= 15 is 0 Å². The van der Waals surface area contributed by atoms with Gasteiger partial charge in [0.05, 0.1) is 13.2 Å². The Kier molecular flexibility index (Phi) is 20.0. The van der Waals surface area contributed by atoms with Gasteiger partial charge in [0.25, 0.3) is 0 Å². The van der Waals surface area contributed by atoms with E-state index in [9.17, 15) is 14.7 Å². The van der Waals surface area contributed by atoms with Crippen molar-refractivity contribution in [1.82, 2.24) is 10.5 Å². The smallest absolute Gasteiger partial charge is 0.412 e. The highest BCUT2D eigenvalue weighted by atomic mass is 32.1. The quantitative estimate of drug-likeness (QED) is 0.136. The number of phenolic OH excluding ortho intramolecular Hbond substituents is 1. The average Bonchev–Trinajstić information content (AvgIpc) is 3.41. The second-order valence-electron chi connectivity index (χ2n) is 7.17. The van der Waals surface area contributed by atoms with Crippen molar-refractivity contribution in [3.63, 3.8) is 0 Å². The van der Waals surface area contributed by atoms with Crippen molar-refractivity contribution in [2.45, 2.75) is 40.9 Å². The molecule has 212 valence electrons. The summed E-state index contributed by atoms with van der Waals surface area (Å²) in [6, 6.07) is 17.4. The summed E-state index contributed by atoms with van der Waals surface area (Å²) in [5, 5.41) is 21.5. The van der Waals surface area contributed by atoms with Crippen LogP contribution in [-0.2, 0) is 23.8 Å². The van der Waals surface area contributed by atoms with Crippen LogP contribution in [0.2, 0.25) is 0 Å². The molecule has 0 fully saturated rings. The number of carbonyl (C=O) groups excluding carboxylic acids is 2. The fraction of sp³-hybridized carbons (Fsp3) is 0.407. The molecule has 11 heteroatoms. The minimum absolute atomic E-state index is 0.0651. The first-order valence-corrected chi connectivity index (χ1v) is 13.0. The van der Waals surface area contributed by atoms with Crippen molar-refractivity contribution < 1.29 is 39.0 Å². The Bertz CT molecular complexity index is 1010. The zero-order valence-corrected chi connectivity index (χ0v) is 23.7. The number of rotatable bonds is 9. The van der Waals surface area contributed by atoms with Gasteiger partial charge < -0.3 is 24.2 Å². The van der Waals surface area contributed by atoms with Gasteiger partial charge in [-0.1, -0.05) is 62.0 Å². The summed E-state index contributed by atoms with van der Waals surface area (Å²) in [6.07, 6.45) is -1.57. The van der Waals surface area contributed by atoms with E-state index in [0.29, 0.717) is 12.3 Å². The Morgan fingerprint density at radius 1 is 1.03 bits per heavy atom. The number of hydrogen-bond acceptors (Lipinski definition) is 10. The van der Waals surface area contributed by atoms with Gasteiger partial charge in [-0.15, -0.1) is 11.3 Å². The van der Waals surface area contributed by atoms with Gasteiger partial charge in [0, 0.05) is 30.8 Å². The number of amides is 1. The van der Waals surface area contributed by atoms with Gasteiger partial charge in [-0.05, 0) is 36.7 Å². The van der Waals surface area contributed by atoms with E-state index in [2.05, 4.69) is 29.3 Å². The molecule has 38 heavy (non-hydrogen) atoms. The Hall–Kier alpha value is -3.22. The first-order chi connectivity index (χ1) is 18.3. The third kappa shape index (κ3) is 15.8. The lowest BCUT2D eigenvalue weighted by Gasteiger charge is -2.18. The molecule has 0 aliphatic rings. The molecule has 3 N–H and O–H groups in total. The molecule has 1 aromatic heterocycles. The van der Waals surface area contributed by atoms with Crippen LogP contribution in [0.3, 0.4) is 0 Å². The lowest BCUT2D eigenvalue weighted by atomic mass is 10.1. The van der Waals surface area contributed by atoms with Gasteiger partial charge in [-0.25, -0.2) is 9.59 Å². The molecule has 0 saturated heterocycles. The summed E-state index contributed by atoms with van der Waals surface area (Å²) in [6.45, 7) is 9.66. The van der Waals surface area contributed by atoms with E-state index in [4.69, 9.17) is 19.4 Å². The van der Waals surface area contributed by atoms with Gasteiger partial charge in [0.15, 0.2) is 0 Å². The van der Waals surface area contributed by atoms with Crippen LogP contribution in [0.1, 0.15) is 32.6 Å². The predicted octanol–water partition coefficient (Wildman–Crippen LogP) is 5.52. The van der Waals surface area contributed by atoms with Crippen LogP contribution in [0.15, 0.2) is 60.0 Å². The summed E-state index contributed by atoms with van der Waals surface area (Å²) < 4.78 is 14.5. The van der Waals surface area contributed by atoms with Crippen LogP contribution < -0.4 is 5.64 Å². The van der Waals surface area contributed by atoms with Crippen molar-refractivity contribution in [2.75, 3.05) is 33.4 Å². The van der Waals surface area contributed by atoms with E-state index < -0.39 is 18.4 Å². The molecule has 3 aromatic rings. The molecular formula is C27H40N2O8S. The van der Waals surface area contributed by atoms with E-state index in [-0.39, 0.29) is 19.8 Å². The highest BCUT2D eigenvalue weighted by Gasteiger charge is 2.16. The van der Waals surface area contributed by atoms with Crippen LogP contribution in [0.5, 0.6) is 5.75 Å². The number of hydrogen-bond donors (Lipinski definition) is 3. The highest BCUT2D eigenvalue weighted by Crippen LogP contribution is 2.22. The monoisotopic (exact) mass is 552 g/mol. The Morgan fingerprint density at radius 2 is 1.71 bits per heavy atom. The molecule has 2 aromatic carbocycles. The number of carbonyl (C=O) groups is 2. The molecule has 0 aliphatic heterocycles. The zero-order chi connectivity index (χ0) is 28.8. The lowest BCUT2D eigenvalue weighted by Crippen LogP contribution is -2.32. The minimum atomic E-state index is -0.993. The zero-order valence-electron chi connectivity index (χ0n) is 22.9. The van der Waals surface area contributed by atoms with Crippen LogP contribution in [-0.4, -0.2) is 67.0 Å². The minimum Gasteiger partial charge on any atom is -0.507 e. The number of fused-ring (bicyclic) bond motifs is 1. The molecule has 0 aliphatic carbocycles. The maximum absolute atomic E-state index is 11.3. The summed E-state index contributed by atoms with van der Waals surface area (Å²) in [5.41, 5.74) is 1.47. The number of phenols is 1. The van der Waals surface area contributed by atoms with E-state index in [1.54, 1.807) is 31.4 Å². The lowest BCUT2D eigenvalue weighted by molar-refractivity contribution is -0.173. The summed E-state index contributed by atoms with van der Waals surface area (Å²) in [4.78, 5) is 29.6. The van der Waals surface area contributed by atoms with Crippen molar-refractivity contribution >= 4 is 34.2 Å².